The summed E-state index contributed by atoms with van der Waals surface area (Å²) in [4.78, 5) is 0. The lowest BCUT2D eigenvalue weighted by Gasteiger charge is -2.13. The molecule has 0 saturated heterocycles. The molecule has 2 aromatic carbocycles. The normalized spacial score (nSPS) is 12.5. The molecular formula is C13H9BrCl2O. The minimum absolute atomic E-state index is 0.488. The lowest BCUT2D eigenvalue weighted by molar-refractivity contribution is 0.220. The molecule has 0 aliphatic heterocycles. The maximum absolute atomic E-state index is 10.2. The van der Waals surface area contributed by atoms with E-state index < -0.39 is 6.10 Å². The Morgan fingerprint density at radius 1 is 0.941 bits per heavy atom. The van der Waals surface area contributed by atoms with Crippen LogP contribution in [0.1, 0.15) is 17.2 Å². The van der Waals surface area contributed by atoms with E-state index in [1.54, 1.807) is 12.1 Å². The lowest BCUT2D eigenvalue weighted by Crippen LogP contribution is -1.99. The topological polar surface area (TPSA) is 20.2 Å². The van der Waals surface area contributed by atoms with E-state index in [4.69, 9.17) is 23.2 Å². The Labute approximate surface area is 118 Å². The van der Waals surface area contributed by atoms with Crippen molar-refractivity contribution in [2.24, 2.45) is 0 Å². The van der Waals surface area contributed by atoms with Crippen LogP contribution in [-0.2, 0) is 0 Å². The van der Waals surface area contributed by atoms with E-state index in [1.807, 2.05) is 30.3 Å². The molecule has 0 heterocycles. The van der Waals surface area contributed by atoms with Crippen molar-refractivity contribution in [3.63, 3.8) is 0 Å². The van der Waals surface area contributed by atoms with Gasteiger partial charge in [-0.05, 0) is 39.2 Å². The van der Waals surface area contributed by atoms with Gasteiger partial charge in [-0.1, -0.05) is 53.5 Å². The fraction of sp³-hybridized carbons (Fsp3) is 0.0769. The maximum atomic E-state index is 10.2. The van der Waals surface area contributed by atoms with Crippen LogP contribution in [-0.4, -0.2) is 5.11 Å². The quantitative estimate of drug-likeness (QED) is 0.781. The summed E-state index contributed by atoms with van der Waals surface area (Å²) in [6, 6.07) is 12.8. The molecular weight excluding hydrogens is 323 g/mol. The molecule has 0 radical (unpaired) electrons. The highest BCUT2D eigenvalue weighted by Crippen LogP contribution is 2.34. The fourth-order valence-electron chi connectivity index (χ4n) is 1.56. The van der Waals surface area contributed by atoms with Gasteiger partial charge in [-0.25, -0.2) is 0 Å². The van der Waals surface area contributed by atoms with Crippen molar-refractivity contribution in [1.29, 1.82) is 0 Å². The van der Waals surface area contributed by atoms with Crippen LogP contribution < -0.4 is 0 Å². The van der Waals surface area contributed by atoms with Crippen LogP contribution in [0.15, 0.2) is 46.9 Å². The number of aliphatic hydroxyl groups is 1. The lowest BCUT2D eigenvalue weighted by atomic mass is 10.0. The molecule has 2 aromatic rings. The van der Waals surface area contributed by atoms with E-state index in [0.29, 0.717) is 20.1 Å². The molecule has 0 spiro atoms. The molecule has 0 aliphatic rings. The van der Waals surface area contributed by atoms with Crippen molar-refractivity contribution in [3.05, 3.63) is 68.1 Å². The highest BCUT2D eigenvalue weighted by Gasteiger charge is 2.13. The summed E-state index contributed by atoms with van der Waals surface area (Å²) in [5.74, 6) is 0. The first-order chi connectivity index (χ1) is 8.09. The first kappa shape index (κ1) is 12.9. The zero-order valence-corrected chi connectivity index (χ0v) is 11.8. The Hall–Kier alpha value is -0.540. The molecule has 0 amide bonds. The van der Waals surface area contributed by atoms with E-state index in [1.165, 1.54) is 0 Å². The summed E-state index contributed by atoms with van der Waals surface area (Å²) in [5.41, 5.74) is 1.48. The predicted molar refractivity (Wildman–Crippen MR) is 74.7 cm³/mol. The third kappa shape index (κ3) is 2.83. The molecule has 2 rings (SSSR count). The Bertz CT molecular complexity index is 505. The zero-order valence-electron chi connectivity index (χ0n) is 8.70. The van der Waals surface area contributed by atoms with Gasteiger partial charge in [0.05, 0.1) is 14.5 Å². The van der Waals surface area contributed by atoms with Crippen molar-refractivity contribution < 1.29 is 5.11 Å². The first-order valence-electron chi connectivity index (χ1n) is 4.97. The molecule has 0 aromatic heterocycles. The van der Waals surface area contributed by atoms with Crippen molar-refractivity contribution in [2.75, 3.05) is 0 Å². The van der Waals surface area contributed by atoms with Crippen molar-refractivity contribution in [3.8, 4) is 0 Å². The fourth-order valence-corrected chi connectivity index (χ4v) is 2.29. The van der Waals surface area contributed by atoms with Gasteiger partial charge in [0.15, 0.2) is 0 Å². The van der Waals surface area contributed by atoms with E-state index in [9.17, 15) is 5.11 Å². The van der Waals surface area contributed by atoms with Crippen molar-refractivity contribution in [1.82, 2.24) is 0 Å². The zero-order chi connectivity index (χ0) is 12.4. The number of rotatable bonds is 2. The molecule has 0 saturated carbocycles. The molecule has 1 nitrogen and oxygen atoms in total. The van der Waals surface area contributed by atoms with Crippen LogP contribution in [0.2, 0.25) is 10.0 Å². The van der Waals surface area contributed by atoms with E-state index in [-0.39, 0.29) is 0 Å². The third-order valence-corrected chi connectivity index (χ3v) is 4.34. The summed E-state index contributed by atoms with van der Waals surface area (Å²) in [6.45, 7) is 0. The van der Waals surface area contributed by atoms with Crippen LogP contribution in [0, 0.1) is 0 Å². The van der Waals surface area contributed by atoms with E-state index in [2.05, 4.69) is 15.9 Å². The first-order valence-corrected chi connectivity index (χ1v) is 6.52. The largest absolute Gasteiger partial charge is 0.384 e. The summed E-state index contributed by atoms with van der Waals surface area (Å²) < 4.78 is 0.643. The van der Waals surface area contributed by atoms with Gasteiger partial charge in [-0.2, -0.15) is 0 Å². The molecule has 0 bridgehead atoms. The second-order valence-electron chi connectivity index (χ2n) is 3.61. The number of hydrogen-bond donors (Lipinski definition) is 1. The second kappa shape index (κ2) is 5.40. The van der Waals surface area contributed by atoms with Crippen LogP contribution >= 0.6 is 39.1 Å². The highest BCUT2D eigenvalue weighted by molar-refractivity contribution is 9.10. The number of benzene rings is 2. The average molecular weight is 332 g/mol. The molecule has 0 fully saturated rings. The summed E-state index contributed by atoms with van der Waals surface area (Å²) in [5, 5.41) is 11.2. The molecule has 1 unspecified atom stereocenters. The van der Waals surface area contributed by atoms with Gasteiger partial charge in [0.2, 0.25) is 0 Å². The molecule has 1 N–H and O–H groups in total. The number of halogens is 3. The minimum Gasteiger partial charge on any atom is -0.384 e. The predicted octanol–water partition coefficient (Wildman–Crippen LogP) is 4.84. The number of hydrogen-bond acceptors (Lipinski definition) is 1. The Kier molecular flexibility index (Phi) is 4.10. The second-order valence-corrected chi connectivity index (χ2v) is 5.22. The average Bonchev–Trinajstić information content (AvgIpc) is 2.35. The molecule has 0 aliphatic carbocycles. The van der Waals surface area contributed by atoms with Gasteiger partial charge in [-0.15, -0.1) is 0 Å². The molecule has 1 atom stereocenters. The van der Waals surface area contributed by atoms with Gasteiger partial charge < -0.3 is 5.11 Å². The monoisotopic (exact) mass is 330 g/mol. The smallest absolute Gasteiger partial charge is 0.104 e. The maximum Gasteiger partial charge on any atom is 0.104 e. The van der Waals surface area contributed by atoms with Crippen LogP contribution in [0.5, 0.6) is 0 Å². The molecule has 4 heteroatoms. The highest BCUT2D eigenvalue weighted by atomic mass is 79.9. The Morgan fingerprint density at radius 2 is 1.47 bits per heavy atom. The third-order valence-electron chi connectivity index (χ3n) is 2.44. The van der Waals surface area contributed by atoms with Gasteiger partial charge in [0.25, 0.3) is 0 Å². The Balaban J connectivity index is 2.41. The minimum atomic E-state index is -0.723. The van der Waals surface area contributed by atoms with Gasteiger partial charge >= 0.3 is 0 Å². The van der Waals surface area contributed by atoms with Gasteiger partial charge in [0, 0.05) is 0 Å². The summed E-state index contributed by atoms with van der Waals surface area (Å²) in [7, 11) is 0. The van der Waals surface area contributed by atoms with E-state index >= 15 is 0 Å². The van der Waals surface area contributed by atoms with Crippen LogP contribution in [0.4, 0.5) is 0 Å². The summed E-state index contributed by atoms with van der Waals surface area (Å²) >= 11 is 15.3. The standard InChI is InChI=1S/C13H9BrCl2O/c14-12-10(15)6-9(7-11(12)16)13(17)8-4-2-1-3-5-8/h1-7,13,17H. The van der Waals surface area contributed by atoms with Crippen molar-refractivity contribution in [2.45, 2.75) is 6.10 Å². The van der Waals surface area contributed by atoms with Gasteiger partial charge in [0.1, 0.15) is 6.10 Å². The van der Waals surface area contributed by atoms with Crippen molar-refractivity contribution >= 4 is 39.1 Å². The van der Waals surface area contributed by atoms with E-state index in [0.717, 1.165) is 5.56 Å². The molecule has 88 valence electrons. The number of aliphatic hydroxyl groups excluding tert-OH is 1. The van der Waals surface area contributed by atoms with Crippen LogP contribution in [0.3, 0.4) is 0 Å². The Morgan fingerprint density at radius 3 is 2.00 bits per heavy atom. The van der Waals surface area contributed by atoms with Crippen LogP contribution in [0.25, 0.3) is 0 Å². The summed E-state index contributed by atoms with van der Waals surface area (Å²) in [6.07, 6.45) is -0.723. The van der Waals surface area contributed by atoms with Gasteiger partial charge in [-0.3, -0.25) is 0 Å². The molecule has 17 heavy (non-hydrogen) atoms. The SMILES string of the molecule is OC(c1ccccc1)c1cc(Cl)c(Br)c(Cl)c1.